The molecule has 2 saturated heterocycles. The summed E-state index contributed by atoms with van der Waals surface area (Å²) < 4.78 is 5.69. The van der Waals surface area contributed by atoms with Gasteiger partial charge in [0.15, 0.2) is 0 Å². The molecule has 0 aromatic heterocycles. The Morgan fingerprint density at radius 1 is 1.24 bits per heavy atom. The van der Waals surface area contributed by atoms with Crippen LogP contribution >= 0.6 is 0 Å². The van der Waals surface area contributed by atoms with Gasteiger partial charge in [-0.15, -0.1) is 0 Å². The molecule has 2 heterocycles. The fraction of sp³-hybridized carbons (Fsp3) is 0.938. The number of carbonyl (C=O) groups is 1. The molecule has 0 aromatic rings. The Bertz CT molecular complexity index is 319. The summed E-state index contributed by atoms with van der Waals surface area (Å²) >= 11 is 0. The molecule has 2 fully saturated rings. The van der Waals surface area contributed by atoms with Crippen LogP contribution < -0.4 is 5.73 Å². The van der Waals surface area contributed by atoms with E-state index in [-0.39, 0.29) is 12.0 Å². The lowest BCUT2D eigenvalue weighted by atomic mass is 10.1. The molecule has 0 saturated carbocycles. The summed E-state index contributed by atoms with van der Waals surface area (Å²) in [5, 5.41) is 0. The molecular weight excluding hydrogens is 266 g/mol. The minimum Gasteiger partial charge on any atom is -0.378 e. The number of amides is 1. The molecule has 5 nitrogen and oxygen atoms in total. The van der Waals surface area contributed by atoms with Crippen LogP contribution in [0.25, 0.3) is 0 Å². The Morgan fingerprint density at radius 2 is 2.10 bits per heavy atom. The first-order chi connectivity index (χ1) is 10.2. The van der Waals surface area contributed by atoms with Gasteiger partial charge in [-0.2, -0.15) is 0 Å². The summed E-state index contributed by atoms with van der Waals surface area (Å²) in [6.07, 6.45) is 5.17. The first kappa shape index (κ1) is 16.7. The molecule has 0 radical (unpaired) electrons. The van der Waals surface area contributed by atoms with Crippen LogP contribution in [0.3, 0.4) is 0 Å². The van der Waals surface area contributed by atoms with Crippen molar-refractivity contribution in [3.8, 4) is 0 Å². The van der Waals surface area contributed by atoms with E-state index >= 15 is 0 Å². The molecule has 0 aromatic carbocycles. The molecule has 0 bridgehead atoms. The maximum atomic E-state index is 12.4. The Balaban J connectivity index is 1.74. The van der Waals surface area contributed by atoms with Crippen molar-refractivity contribution >= 4 is 5.91 Å². The monoisotopic (exact) mass is 297 g/mol. The third-order valence-corrected chi connectivity index (χ3v) is 4.59. The second-order valence-electron chi connectivity index (χ2n) is 6.57. The third-order valence-electron chi connectivity index (χ3n) is 4.59. The van der Waals surface area contributed by atoms with Crippen molar-refractivity contribution in [3.63, 3.8) is 0 Å². The van der Waals surface area contributed by atoms with Crippen molar-refractivity contribution in [3.05, 3.63) is 0 Å². The lowest BCUT2D eigenvalue weighted by Crippen LogP contribution is -2.38. The van der Waals surface area contributed by atoms with Gasteiger partial charge in [0.2, 0.25) is 5.91 Å². The number of nitrogens with two attached hydrogens (primary N) is 1. The van der Waals surface area contributed by atoms with Gasteiger partial charge in [0, 0.05) is 32.8 Å². The zero-order chi connectivity index (χ0) is 15.1. The molecule has 2 N–H and O–H groups in total. The molecular formula is C16H31N3O2. The SMILES string of the molecule is CC(CN)CN1CCCN(C(=O)CC2CCCCO2)CC1. The predicted molar refractivity (Wildman–Crippen MR) is 84.1 cm³/mol. The van der Waals surface area contributed by atoms with Crippen LogP contribution in [0.4, 0.5) is 0 Å². The van der Waals surface area contributed by atoms with E-state index in [0.717, 1.165) is 65.1 Å². The van der Waals surface area contributed by atoms with Gasteiger partial charge in [-0.25, -0.2) is 0 Å². The smallest absolute Gasteiger partial charge is 0.225 e. The van der Waals surface area contributed by atoms with Gasteiger partial charge in [0.05, 0.1) is 12.5 Å². The maximum absolute atomic E-state index is 12.4. The van der Waals surface area contributed by atoms with Crippen LogP contribution in [0, 0.1) is 5.92 Å². The lowest BCUT2D eigenvalue weighted by molar-refractivity contribution is -0.135. The van der Waals surface area contributed by atoms with Crippen molar-refractivity contribution in [2.45, 2.75) is 45.1 Å². The zero-order valence-corrected chi connectivity index (χ0v) is 13.4. The molecule has 2 rings (SSSR count). The summed E-state index contributed by atoms with van der Waals surface area (Å²) in [7, 11) is 0. The lowest BCUT2D eigenvalue weighted by Gasteiger charge is -2.27. The Kier molecular flexibility index (Phi) is 6.93. The standard InChI is InChI=1S/C16H31N3O2/c1-14(12-17)13-18-6-4-7-19(9-8-18)16(20)11-15-5-2-3-10-21-15/h14-15H,2-13,17H2,1H3. The number of hydrogen-bond donors (Lipinski definition) is 1. The van der Waals surface area contributed by atoms with Crippen LogP contribution in [0.1, 0.15) is 39.0 Å². The summed E-state index contributed by atoms with van der Waals surface area (Å²) in [5.41, 5.74) is 5.70. The van der Waals surface area contributed by atoms with Crippen molar-refractivity contribution in [2.75, 3.05) is 45.9 Å². The molecule has 2 unspecified atom stereocenters. The molecule has 2 atom stereocenters. The van der Waals surface area contributed by atoms with Crippen LogP contribution in [-0.4, -0.2) is 67.7 Å². The van der Waals surface area contributed by atoms with Gasteiger partial charge in [-0.1, -0.05) is 6.92 Å². The maximum Gasteiger partial charge on any atom is 0.225 e. The van der Waals surface area contributed by atoms with Gasteiger partial charge in [-0.3, -0.25) is 4.79 Å². The van der Waals surface area contributed by atoms with Crippen molar-refractivity contribution in [1.82, 2.24) is 9.80 Å². The highest BCUT2D eigenvalue weighted by Crippen LogP contribution is 2.17. The Hall–Kier alpha value is -0.650. The van der Waals surface area contributed by atoms with E-state index in [4.69, 9.17) is 10.5 Å². The van der Waals surface area contributed by atoms with E-state index in [9.17, 15) is 4.79 Å². The van der Waals surface area contributed by atoms with E-state index in [0.29, 0.717) is 12.3 Å². The summed E-state index contributed by atoms with van der Waals surface area (Å²) in [4.78, 5) is 16.9. The van der Waals surface area contributed by atoms with Crippen LogP contribution in [0.2, 0.25) is 0 Å². The molecule has 21 heavy (non-hydrogen) atoms. The second-order valence-corrected chi connectivity index (χ2v) is 6.57. The van der Waals surface area contributed by atoms with Crippen molar-refractivity contribution in [1.29, 1.82) is 0 Å². The van der Waals surface area contributed by atoms with Gasteiger partial charge >= 0.3 is 0 Å². The van der Waals surface area contributed by atoms with Crippen LogP contribution in [-0.2, 0) is 9.53 Å². The van der Waals surface area contributed by atoms with Gasteiger partial charge in [-0.05, 0) is 44.7 Å². The minimum absolute atomic E-state index is 0.155. The van der Waals surface area contributed by atoms with E-state index < -0.39 is 0 Å². The number of nitrogens with zero attached hydrogens (tertiary/aromatic N) is 2. The average molecular weight is 297 g/mol. The van der Waals surface area contributed by atoms with Crippen molar-refractivity contribution < 1.29 is 9.53 Å². The zero-order valence-electron chi connectivity index (χ0n) is 13.4. The highest BCUT2D eigenvalue weighted by molar-refractivity contribution is 5.76. The third kappa shape index (κ3) is 5.57. The predicted octanol–water partition coefficient (Wildman–Crippen LogP) is 1.07. The molecule has 2 aliphatic rings. The fourth-order valence-electron chi connectivity index (χ4n) is 3.21. The summed E-state index contributed by atoms with van der Waals surface area (Å²) in [6, 6.07) is 0. The molecule has 2 aliphatic heterocycles. The van der Waals surface area contributed by atoms with E-state index in [1.807, 2.05) is 4.90 Å². The van der Waals surface area contributed by atoms with Gasteiger partial charge in [0.1, 0.15) is 0 Å². The Morgan fingerprint density at radius 3 is 2.81 bits per heavy atom. The van der Waals surface area contributed by atoms with Crippen LogP contribution in [0.5, 0.6) is 0 Å². The van der Waals surface area contributed by atoms with E-state index in [1.165, 1.54) is 6.42 Å². The van der Waals surface area contributed by atoms with Gasteiger partial charge in [0.25, 0.3) is 0 Å². The second kappa shape index (κ2) is 8.71. The number of carbonyl (C=O) groups excluding carboxylic acids is 1. The molecule has 122 valence electrons. The molecule has 0 aliphatic carbocycles. The highest BCUT2D eigenvalue weighted by Gasteiger charge is 2.24. The number of rotatable bonds is 5. The van der Waals surface area contributed by atoms with Gasteiger partial charge < -0.3 is 20.3 Å². The van der Waals surface area contributed by atoms with E-state index in [2.05, 4.69) is 11.8 Å². The number of ether oxygens (including phenoxy) is 1. The van der Waals surface area contributed by atoms with E-state index in [1.54, 1.807) is 0 Å². The fourth-order valence-corrected chi connectivity index (χ4v) is 3.21. The molecule has 0 spiro atoms. The topological polar surface area (TPSA) is 58.8 Å². The minimum atomic E-state index is 0.155. The normalized spacial score (nSPS) is 26.4. The summed E-state index contributed by atoms with van der Waals surface area (Å²) in [6.45, 7) is 8.58. The average Bonchev–Trinajstić information content (AvgIpc) is 2.74. The first-order valence-corrected chi connectivity index (χ1v) is 8.51. The Labute approximate surface area is 128 Å². The summed E-state index contributed by atoms with van der Waals surface area (Å²) in [5.74, 6) is 0.804. The molecule has 1 amide bonds. The quantitative estimate of drug-likeness (QED) is 0.825. The first-order valence-electron chi connectivity index (χ1n) is 8.51. The molecule has 5 heteroatoms. The largest absolute Gasteiger partial charge is 0.378 e. The van der Waals surface area contributed by atoms with Crippen molar-refractivity contribution in [2.24, 2.45) is 11.7 Å². The number of hydrogen-bond acceptors (Lipinski definition) is 4. The van der Waals surface area contributed by atoms with Crippen LogP contribution in [0.15, 0.2) is 0 Å². The highest BCUT2D eigenvalue weighted by atomic mass is 16.5.